The van der Waals surface area contributed by atoms with Gasteiger partial charge in [0.15, 0.2) is 0 Å². The molecule has 0 amide bonds. The summed E-state index contributed by atoms with van der Waals surface area (Å²) in [5.41, 5.74) is 1.30. The lowest BCUT2D eigenvalue weighted by molar-refractivity contribution is -0.166. The molecule has 0 fully saturated rings. The van der Waals surface area contributed by atoms with E-state index in [2.05, 4.69) is 38.9 Å². The first-order chi connectivity index (χ1) is 19.9. The van der Waals surface area contributed by atoms with E-state index in [9.17, 15) is 34.5 Å². The summed E-state index contributed by atoms with van der Waals surface area (Å²) in [5.74, 6) is -4.14. The van der Waals surface area contributed by atoms with Crippen molar-refractivity contribution in [1.29, 1.82) is 0 Å². The summed E-state index contributed by atoms with van der Waals surface area (Å²) in [4.78, 5) is 49.1. The Balaban J connectivity index is 0.000000330. The summed E-state index contributed by atoms with van der Waals surface area (Å²) < 4.78 is 9.52. The van der Waals surface area contributed by atoms with Crippen LogP contribution in [-0.4, -0.2) is 76.9 Å². The SMILES string of the molecule is CC[C@@H](c1cccc(O)c1)[C@@H](C)CN(C)C.O=C(O[C@H](C(=O)O)[C@H](OC(=O)c1ccccc1)C(=O)O)c1ccccc1. The molecule has 224 valence electrons. The number of nitrogens with zero attached hydrogens (tertiary/aromatic N) is 1. The van der Waals surface area contributed by atoms with Crippen LogP contribution in [0.5, 0.6) is 5.75 Å². The minimum atomic E-state index is -2.21. The lowest BCUT2D eigenvalue weighted by Crippen LogP contribution is -2.45. The first-order valence-corrected chi connectivity index (χ1v) is 13.4. The van der Waals surface area contributed by atoms with E-state index in [0.29, 0.717) is 17.6 Å². The lowest BCUT2D eigenvalue weighted by atomic mass is 9.85. The summed E-state index contributed by atoms with van der Waals surface area (Å²) in [6.07, 6.45) is -3.32. The first kappa shape index (κ1) is 33.5. The number of ether oxygens (including phenoxy) is 2. The molecule has 0 aliphatic heterocycles. The van der Waals surface area contributed by atoms with E-state index in [-0.39, 0.29) is 11.1 Å². The third-order valence-corrected chi connectivity index (χ3v) is 6.33. The monoisotopic (exact) mass is 579 g/mol. The van der Waals surface area contributed by atoms with E-state index >= 15 is 0 Å². The number of phenolic OH excluding ortho intramolecular Hbond substituents is 1. The van der Waals surface area contributed by atoms with Gasteiger partial charge in [-0.05, 0) is 74.3 Å². The largest absolute Gasteiger partial charge is 0.508 e. The smallest absolute Gasteiger partial charge is 0.349 e. The summed E-state index contributed by atoms with van der Waals surface area (Å²) in [6.45, 7) is 5.56. The Morgan fingerprint density at radius 1 is 0.738 bits per heavy atom. The van der Waals surface area contributed by atoms with Crippen molar-refractivity contribution in [3.05, 3.63) is 102 Å². The maximum atomic E-state index is 12.0. The Kier molecular flexibility index (Phi) is 13.2. The normalized spacial score (nSPS) is 13.5. The number of carboxylic acids is 2. The minimum Gasteiger partial charge on any atom is -0.508 e. The van der Waals surface area contributed by atoms with Gasteiger partial charge in [-0.2, -0.15) is 0 Å². The maximum Gasteiger partial charge on any atom is 0.349 e. The number of carbonyl (C=O) groups excluding carboxylic acids is 2. The van der Waals surface area contributed by atoms with E-state index < -0.39 is 36.1 Å². The Morgan fingerprint density at radius 2 is 1.19 bits per heavy atom. The molecule has 0 aliphatic carbocycles. The van der Waals surface area contributed by atoms with Crippen LogP contribution in [0, 0.1) is 5.92 Å². The predicted octanol–water partition coefficient (Wildman–Crippen LogP) is 4.69. The number of carbonyl (C=O) groups is 4. The quantitative estimate of drug-likeness (QED) is 0.258. The minimum absolute atomic E-state index is 0.0253. The van der Waals surface area contributed by atoms with Crippen LogP contribution in [0.15, 0.2) is 84.9 Å². The number of phenols is 1. The standard InChI is InChI=1S/C18H14O8.C14H23NO/c19-15(20)13(25-17(23)11-7-3-1-4-8-11)14(16(21)22)26-18(24)12-9-5-2-6-10-12;1-5-14(11(2)10-15(3)4)12-7-6-8-13(16)9-12/h1-10,13-14H,(H,19,20)(H,21,22);6-9,11,14,16H,5,10H2,1-4H3/t13-,14-;11-,14+/m00/s1. The zero-order valence-electron chi connectivity index (χ0n) is 24.0. The van der Waals surface area contributed by atoms with Crippen molar-refractivity contribution in [2.24, 2.45) is 5.92 Å². The van der Waals surface area contributed by atoms with Gasteiger partial charge >= 0.3 is 23.9 Å². The number of hydrogen-bond donors (Lipinski definition) is 3. The lowest BCUT2D eigenvalue weighted by Gasteiger charge is -2.26. The van der Waals surface area contributed by atoms with E-state index in [1.807, 2.05) is 12.1 Å². The van der Waals surface area contributed by atoms with Gasteiger partial charge in [-0.15, -0.1) is 0 Å². The second-order valence-electron chi connectivity index (χ2n) is 9.91. The Bertz CT molecular complexity index is 1240. The molecule has 10 nitrogen and oxygen atoms in total. The number of rotatable bonds is 12. The van der Waals surface area contributed by atoms with Crippen LogP contribution in [0.2, 0.25) is 0 Å². The average molecular weight is 580 g/mol. The molecule has 3 aromatic carbocycles. The maximum absolute atomic E-state index is 12.0. The van der Waals surface area contributed by atoms with Gasteiger partial charge in [0, 0.05) is 6.54 Å². The van der Waals surface area contributed by atoms with Gasteiger partial charge in [-0.1, -0.05) is 62.4 Å². The fourth-order valence-electron chi connectivity index (χ4n) is 4.42. The zero-order valence-corrected chi connectivity index (χ0v) is 24.0. The molecule has 3 rings (SSSR count). The molecule has 0 saturated heterocycles. The highest BCUT2D eigenvalue weighted by Gasteiger charge is 2.41. The summed E-state index contributed by atoms with van der Waals surface area (Å²) >= 11 is 0. The summed E-state index contributed by atoms with van der Waals surface area (Å²) in [7, 11) is 4.21. The van der Waals surface area contributed by atoms with Crippen LogP contribution in [0.3, 0.4) is 0 Å². The second-order valence-corrected chi connectivity index (χ2v) is 9.91. The first-order valence-electron chi connectivity index (χ1n) is 13.4. The van der Waals surface area contributed by atoms with Crippen molar-refractivity contribution in [2.45, 2.75) is 38.4 Å². The van der Waals surface area contributed by atoms with Crippen molar-refractivity contribution in [3.8, 4) is 5.75 Å². The number of hydrogen-bond acceptors (Lipinski definition) is 8. The van der Waals surface area contributed by atoms with Gasteiger partial charge < -0.3 is 29.7 Å². The number of benzene rings is 3. The molecule has 10 heteroatoms. The molecule has 0 aliphatic rings. The molecule has 0 unspecified atom stereocenters. The van der Waals surface area contributed by atoms with Crippen LogP contribution in [-0.2, 0) is 19.1 Å². The van der Waals surface area contributed by atoms with Crippen LogP contribution in [0.1, 0.15) is 52.5 Å². The highest BCUT2D eigenvalue weighted by atomic mass is 16.6. The molecule has 0 spiro atoms. The van der Waals surface area contributed by atoms with Crippen molar-refractivity contribution < 1.29 is 44.0 Å². The van der Waals surface area contributed by atoms with Crippen LogP contribution in [0.4, 0.5) is 0 Å². The summed E-state index contributed by atoms with van der Waals surface area (Å²) in [6, 6.07) is 22.5. The van der Waals surface area contributed by atoms with Crippen LogP contribution in [0.25, 0.3) is 0 Å². The molecule has 0 saturated carbocycles. The highest BCUT2D eigenvalue weighted by Crippen LogP contribution is 2.30. The van der Waals surface area contributed by atoms with Gasteiger partial charge in [0.05, 0.1) is 11.1 Å². The molecular weight excluding hydrogens is 542 g/mol. The third kappa shape index (κ3) is 10.4. The highest BCUT2D eigenvalue weighted by molar-refractivity contribution is 5.95. The van der Waals surface area contributed by atoms with Crippen molar-refractivity contribution in [1.82, 2.24) is 4.90 Å². The van der Waals surface area contributed by atoms with Crippen molar-refractivity contribution in [2.75, 3.05) is 20.6 Å². The van der Waals surface area contributed by atoms with Crippen molar-refractivity contribution >= 4 is 23.9 Å². The number of aromatic hydroxyl groups is 1. The third-order valence-electron chi connectivity index (χ3n) is 6.33. The molecule has 3 aromatic rings. The molecule has 42 heavy (non-hydrogen) atoms. The molecular formula is C32H37NO9. The molecule has 0 heterocycles. The predicted molar refractivity (Wildman–Crippen MR) is 155 cm³/mol. The van der Waals surface area contributed by atoms with Gasteiger partial charge in [-0.3, -0.25) is 0 Å². The Labute approximate surface area is 245 Å². The molecule has 0 radical (unpaired) electrons. The summed E-state index contributed by atoms with van der Waals surface area (Å²) in [5, 5.41) is 28.0. The number of esters is 2. The van der Waals surface area contributed by atoms with E-state index in [1.54, 1.807) is 18.2 Å². The fraction of sp³-hybridized carbons (Fsp3) is 0.312. The molecule has 4 atom stereocenters. The van der Waals surface area contributed by atoms with Crippen molar-refractivity contribution in [3.63, 3.8) is 0 Å². The average Bonchev–Trinajstić information content (AvgIpc) is 2.95. The van der Waals surface area contributed by atoms with Gasteiger partial charge in [0.1, 0.15) is 5.75 Å². The van der Waals surface area contributed by atoms with Gasteiger partial charge in [0.2, 0.25) is 12.2 Å². The van der Waals surface area contributed by atoms with Gasteiger partial charge in [-0.25, -0.2) is 19.2 Å². The van der Waals surface area contributed by atoms with Gasteiger partial charge in [0.25, 0.3) is 0 Å². The Morgan fingerprint density at radius 3 is 1.55 bits per heavy atom. The molecule has 3 N–H and O–H groups in total. The molecule has 0 bridgehead atoms. The molecule has 0 aromatic heterocycles. The van der Waals surface area contributed by atoms with Crippen LogP contribution < -0.4 is 0 Å². The zero-order chi connectivity index (χ0) is 31.2. The van der Waals surface area contributed by atoms with Crippen LogP contribution >= 0.6 is 0 Å². The number of aliphatic carboxylic acids is 2. The topological polar surface area (TPSA) is 151 Å². The van der Waals surface area contributed by atoms with E-state index in [0.717, 1.165) is 13.0 Å². The van der Waals surface area contributed by atoms with E-state index in [1.165, 1.54) is 54.1 Å². The Hall–Kier alpha value is -4.70. The number of carboxylic acid groups (broad SMARTS) is 2. The second kappa shape index (κ2) is 16.5. The van der Waals surface area contributed by atoms with E-state index in [4.69, 9.17) is 9.47 Å². The fourth-order valence-corrected chi connectivity index (χ4v) is 4.42.